The van der Waals surface area contributed by atoms with Crippen molar-refractivity contribution in [3.05, 3.63) is 18.2 Å². The largest absolute Gasteiger partial charge is 0.330 e. The average molecular weight is 207 g/mol. The van der Waals surface area contributed by atoms with Crippen molar-refractivity contribution in [3.8, 4) is 0 Å². The second-order valence-electron chi connectivity index (χ2n) is 5.54. The molecule has 84 valence electrons. The summed E-state index contributed by atoms with van der Waals surface area (Å²) in [6.45, 7) is 9.89. The van der Waals surface area contributed by atoms with Crippen LogP contribution in [0.5, 0.6) is 0 Å². The molecule has 2 rings (SSSR count). The lowest BCUT2D eigenvalue weighted by molar-refractivity contribution is 0.508. The zero-order chi connectivity index (χ0) is 11.1. The molecular formula is C12H21N3. The molecule has 1 aliphatic carbocycles. The van der Waals surface area contributed by atoms with Crippen LogP contribution >= 0.6 is 0 Å². The van der Waals surface area contributed by atoms with E-state index in [-0.39, 0.29) is 0 Å². The molecular weight excluding hydrogens is 186 g/mol. The van der Waals surface area contributed by atoms with Crippen LogP contribution in [0, 0.1) is 5.41 Å². The highest BCUT2D eigenvalue weighted by Crippen LogP contribution is 2.55. The summed E-state index contributed by atoms with van der Waals surface area (Å²) in [5, 5.41) is 3.44. The van der Waals surface area contributed by atoms with E-state index in [4.69, 9.17) is 0 Å². The van der Waals surface area contributed by atoms with Crippen LogP contribution in [0.1, 0.15) is 45.9 Å². The lowest BCUT2D eigenvalue weighted by Crippen LogP contribution is -2.23. The highest BCUT2D eigenvalue weighted by Gasteiger charge is 2.47. The van der Waals surface area contributed by atoms with Gasteiger partial charge in [-0.05, 0) is 11.8 Å². The molecule has 1 unspecified atom stereocenters. The van der Waals surface area contributed by atoms with Gasteiger partial charge in [-0.25, -0.2) is 4.98 Å². The molecule has 1 atom stereocenters. The molecule has 15 heavy (non-hydrogen) atoms. The molecule has 0 bridgehead atoms. The first-order valence-corrected chi connectivity index (χ1v) is 5.75. The van der Waals surface area contributed by atoms with Crippen LogP contribution in [0.3, 0.4) is 0 Å². The molecule has 1 fully saturated rings. The number of nitrogens with one attached hydrogen (secondary N) is 1. The zero-order valence-electron chi connectivity index (χ0n) is 10.1. The molecule has 1 aliphatic rings. The summed E-state index contributed by atoms with van der Waals surface area (Å²) < 4.78 is 2.33. The smallest absolute Gasteiger partial charge is 0.0951 e. The molecule has 3 heteroatoms. The van der Waals surface area contributed by atoms with Gasteiger partial charge in [0, 0.05) is 24.8 Å². The van der Waals surface area contributed by atoms with Crippen LogP contribution in [0.4, 0.5) is 0 Å². The van der Waals surface area contributed by atoms with Crippen LogP contribution < -0.4 is 5.32 Å². The minimum absolute atomic E-state index is 0.466. The predicted octanol–water partition coefficient (Wildman–Crippen LogP) is 2.35. The van der Waals surface area contributed by atoms with Crippen molar-refractivity contribution >= 4 is 0 Å². The second kappa shape index (κ2) is 3.63. The van der Waals surface area contributed by atoms with E-state index < -0.39 is 0 Å². The van der Waals surface area contributed by atoms with E-state index in [1.165, 1.54) is 12.1 Å². The summed E-state index contributed by atoms with van der Waals surface area (Å²) in [5.74, 6) is 0. The molecule has 1 saturated carbocycles. The molecule has 0 amide bonds. The molecule has 1 aromatic rings. The zero-order valence-corrected chi connectivity index (χ0v) is 10.1. The van der Waals surface area contributed by atoms with E-state index in [0.717, 1.165) is 6.54 Å². The molecule has 1 N–H and O–H groups in total. The van der Waals surface area contributed by atoms with Crippen LogP contribution in [-0.2, 0) is 6.54 Å². The summed E-state index contributed by atoms with van der Waals surface area (Å²) >= 11 is 0. The van der Waals surface area contributed by atoms with Crippen molar-refractivity contribution in [1.29, 1.82) is 0 Å². The average Bonchev–Trinajstić information content (AvgIpc) is 2.62. The fourth-order valence-electron chi connectivity index (χ4n) is 1.97. The monoisotopic (exact) mass is 207 g/mol. The quantitative estimate of drug-likeness (QED) is 0.821. The van der Waals surface area contributed by atoms with Crippen molar-refractivity contribution in [2.75, 3.05) is 0 Å². The number of hydrogen-bond acceptors (Lipinski definition) is 2. The van der Waals surface area contributed by atoms with Crippen LogP contribution in [0.15, 0.2) is 12.5 Å². The molecule has 0 spiro atoms. The van der Waals surface area contributed by atoms with Crippen molar-refractivity contribution in [3.63, 3.8) is 0 Å². The Morgan fingerprint density at radius 2 is 2.27 bits per heavy atom. The van der Waals surface area contributed by atoms with Crippen molar-refractivity contribution in [2.24, 2.45) is 5.41 Å². The van der Waals surface area contributed by atoms with E-state index >= 15 is 0 Å². The molecule has 0 saturated heterocycles. The van der Waals surface area contributed by atoms with Gasteiger partial charge in [-0.15, -0.1) is 0 Å². The maximum absolute atomic E-state index is 4.25. The third-order valence-electron chi connectivity index (χ3n) is 3.23. The lowest BCUT2D eigenvalue weighted by atomic mass is 10.2. The van der Waals surface area contributed by atoms with Gasteiger partial charge in [0.1, 0.15) is 0 Å². The highest BCUT2D eigenvalue weighted by molar-refractivity contribution is 5.09. The molecule has 1 heterocycles. The Morgan fingerprint density at radius 1 is 1.60 bits per heavy atom. The van der Waals surface area contributed by atoms with Crippen molar-refractivity contribution in [1.82, 2.24) is 14.9 Å². The van der Waals surface area contributed by atoms with E-state index in [9.17, 15) is 0 Å². The number of imidazole rings is 1. The Balaban J connectivity index is 2.03. The van der Waals surface area contributed by atoms with Crippen LogP contribution in [0.2, 0.25) is 0 Å². The molecule has 0 aliphatic heterocycles. The van der Waals surface area contributed by atoms with Gasteiger partial charge in [-0.3, -0.25) is 0 Å². The van der Waals surface area contributed by atoms with E-state index in [1.54, 1.807) is 0 Å². The Morgan fingerprint density at radius 3 is 2.80 bits per heavy atom. The van der Waals surface area contributed by atoms with E-state index in [0.29, 0.717) is 17.5 Å². The Kier molecular flexibility index (Phi) is 2.59. The number of nitrogens with zero attached hydrogens (tertiary/aromatic N) is 2. The van der Waals surface area contributed by atoms with E-state index in [1.807, 2.05) is 12.5 Å². The summed E-state index contributed by atoms with van der Waals surface area (Å²) in [7, 11) is 0. The van der Waals surface area contributed by atoms with Crippen LogP contribution in [-0.4, -0.2) is 15.6 Å². The SMILES string of the molecule is CC(C)NCc1cncn1C1CC1(C)C. The number of rotatable bonds is 4. The van der Waals surface area contributed by atoms with Gasteiger partial charge in [0.15, 0.2) is 0 Å². The van der Waals surface area contributed by atoms with Crippen LogP contribution in [0.25, 0.3) is 0 Å². The summed E-state index contributed by atoms with van der Waals surface area (Å²) in [6.07, 6.45) is 5.22. The second-order valence-corrected chi connectivity index (χ2v) is 5.54. The maximum Gasteiger partial charge on any atom is 0.0951 e. The maximum atomic E-state index is 4.25. The first-order valence-electron chi connectivity index (χ1n) is 5.75. The highest BCUT2D eigenvalue weighted by atomic mass is 15.1. The Labute approximate surface area is 91.9 Å². The Bertz CT molecular complexity index is 338. The summed E-state index contributed by atoms with van der Waals surface area (Å²) in [5.41, 5.74) is 1.77. The third-order valence-corrected chi connectivity index (χ3v) is 3.23. The van der Waals surface area contributed by atoms with E-state index in [2.05, 4.69) is 42.6 Å². The minimum atomic E-state index is 0.466. The fraction of sp³-hybridized carbons (Fsp3) is 0.750. The van der Waals surface area contributed by atoms with Gasteiger partial charge in [-0.1, -0.05) is 27.7 Å². The van der Waals surface area contributed by atoms with Crippen molar-refractivity contribution < 1.29 is 0 Å². The number of hydrogen-bond donors (Lipinski definition) is 1. The van der Waals surface area contributed by atoms with Crippen molar-refractivity contribution in [2.45, 2.75) is 52.7 Å². The first-order chi connectivity index (χ1) is 7.00. The standard InChI is InChI=1S/C12H21N3/c1-9(2)14-7-10-6-13-8-15(10)11-5-12(11,3)4/h6,8-9,11,14H,5,7H2,1-4H3. The van der Waals surface area contributed by atoms with Gasteiger partial charge in [0.25, 0.3) is 0 Å². The van der Waals surface area contributed by atoms with Gasteiger partial charge < -0.3 is 9.88 Å². The van der Waals surface area contributed by atoms with Gasteiger partial charge >= 0.3 is 0 Å². The van der Waals surface area contributed by atoms with Gasteiger partial charge in [0.2, 0.25) is 0 Å². The lowest BCUT2D eigenvalue weighted by Gasteiger charge is -2.12. The minimum Gasteiger partial charge on any atom is -0.330 e. The molecule has 3 nitrogen and oxygen atoms in total. The molecule has 1 aromatic heterocycles. The summed E-state index contributed by atoms with van der Waals surface area (Å²) in [4.78, 5) is 4.25. The predicted molar refractivity (Wildman–Crippen MR) is 61.6 cm³/mol. The first kappa shape index (κ1) is 10.7. The third kappa shape index (κ3) is 2.23. The van der Waals surface area contributed by atoms with Gasteiger partial charge in [-0.2, -0.15) is 0 Å². The normalized spacial score (nSPS) is 23.4. The fourth-order valence-corrected chi connectivity index (χ4v) is 1.97. The van der Waals surface area contributed by atoms with Gasteiger partial charge in [0.05, 0.1) is 12.0 Å². The Hall–Kier alpha value is -0.830. The number of aromatic nitrogens is 2. The summed E-state index contributed by atoms with van der Waals surface area (Å²) in [6, 6.07) is 1.18. The molecule has 0 aromatic carbocycles. The topological polar surface area (TPSA) is 29.9 Å². The molecule has 0 radical (unpaired) electrons.